The van der Waals surface area contributed by atoms with Gasteiger partial charge in [-0.3, -0.25) is 0 Å². The third kappa shape index (κ3) is 1.21. The lowest BCUT2D eigenvalue weighted by Gasteiger charge is -2.24. The van der Waals surface area contributed by atoms with Crippen molar-refractivity contribution in [2.24, 2.45) is 0 Å². The third-order valence-electron chi connectivity index (χ3n) is 2.91. The van der Waals surface area contributed by atoms with Crippen molar-refractivity contribution in [3.05, 3.63) is 54.1 Å². The molecule has 72 valence electrons. The summed E-state index contributed by atoms with van der Waals surface area (Å²) in [6.45, 7) is 4.06. The Kier molecular flexibility index (Phi) is 2.26. The fourth-order valence-electron chi connectivity index (χ4n) is 2.08. The summed E-state index contributed by atoms with van der Waals surface area (Å²) in [5.74, 6) is 0. The molecule has 1 unspecified atom stereocenters. The predicted molar refractivity (Wildman–Crippen MR) is 59.1 cm³/mol. The fourth-order valence-corrected chi connectivity index (χ4v) is 2.08. The highest BCUT2D eigenvalue weighted by Gasteiger charge is 2.30. The number of benzene rings is 1. The maximum Gasteiger partial charge on any atom is 0.0445 e. The maximum absolute atomic E-state index is 9.07. The van der Waals surface area contributed by atoms with Gasteiger partial charge in [0.25, 0.3) is 0 Å². The van der Waals surface area contributed by atoms with Crippen LogP contribution in [0.4, 0.5) is 0 Å². The summed E-state index contributed by atoms with van der Waals surface area (Å²) in [5, 5.41) is 9.07. The summed E-state index contributed by atoms with van der Waals surface area (Å²) >= 11 is 0. The Labute approximate surface area is 84.4 Å². The Balaban J connectivity index is 2.49. The second-order valence-corrected chi connectivity index (χ2v) is 3.64. The van der Waals surface area contributed by atoms with Crippen molar-refractivity contribution >= 4 is 6.08 Å². The van der Waals surface area contributed by atoms with Gasteiger partial charge in [-0.25, -0.2) is 0 Å². The van der Waals surface area contributed by atoms with Gasteiger partial charge in [-0.05, 0) is 17.5 Å². The molecule has 0 aliphatic heterocycles. The molecule has 0 saturated carbocycles. The van der Waals surface area contributed by atoms with Crippen LogP contribution in [0.15, 0.2) is 43.0 Å². The standard InChI is InChI=1S/C13H14O/c1-2-13(9-10-14)8-7-11-5-3-4-6-12(11)13/h2-8,14H,1,9-10H2. The molecule has 1 aromatic rings. The first-order valence-electron chi connectivity index (χ1n) is 4.85. The number of fused-ring (bicyclic) bond motifs is 1. The zero-order valence-corrected chi connectivity index (χ0v) is 8.11. The van der Waals surface area contributed by atoms with E-state index in [4.69, 9.17) is 5.11 Å². The van der Waals surface area contributed by atoms with Gasteiger partial charge in [0, 0.05) is 12.0 Å². The molecular weight excluding hydrogens is 172 g/mol. The number of allylic oxidation sites excluding steroid dienone is 2. The molecule has 1 aliphatic rings. The van der Waals surface area contributed by atoms with E-state index >= 15 is 0 Å². The molecule has 2 rings (SSSR count). The Morgan fingerprint density at radius 2 is 2.14 bits per heavy atom. The van der Waals surface area contributed by atoms with Crippen LogP contribution in [-0.2, 0) is 5.41 Å². The van der Waals surface area contributed by atoms with Crippen molar-refractivity contribution in [1.82, 2.24) is 0 Å². The van der Waals surface area contributed by atoms with Gasteiger partial charge in [0.05, 0.1) is 0 Å². The van der Waals surface area contributed by atoms with E-state index in [0.29, 0.717) is 6.42 Å². The van der Waals surface area contributed by atoms with Crippen molar-refractivity contribution in [2.75, 3.05) is 6.61 Å². The second kappa shape index (κ2) is 3.43. The lowest BCUT2D eigenvalue weighted by atomic mass is 9.80. The molecule has 1 heteroatoms. The summed E-state index contributed by atoms with van der Waals surface area (Å²) in [7, 11) is 0. The first-order chi connectivity index (χ1) is 6.82. The van der Waals surface area contributed by atoms with E-state index in [1.54, 1.807) is 0 Å². The minimum atomic E-state index is -0.147. The van der Waals surface area contributed by atoms with Crippen molar-refractivity contribution in [3.8, 4) is 0 Å². The quantitative estimate of drug-likeness (QED) is 0.719. The summed E-state index contributed by atoms with van der Waals surface area (Å²) < 4.78 is 0. The Bertz CT molecular complexity index is 379. The molecule has 14 heavy (non-hydrogen) atoms. The first kappa shape index (κ1) is 9.22. The summed E-state index contributed by atoms with van der Waals surface area (Å²) in [5.41, 5.74) is 2.34. The van der Waals surface area contributed by atoms with E-state index in [1.165, 1.54) is 11.1 Å². The molecule has 0 spiro atoms. The van der Waals surface area contributed by atoms with Crippen LogP contribution in [0.25, 0.3) is 6.08 Å². The SMILES string of the molecule is C=CC1(CCO)C=Cc2ccccc21. The van der Waals surface area contributed by atoms with Crippen LogP contribution in [0.5, 0.6) is 0 Å². The van der Waals surface area contributed by atoms with Gasteiger partial charge < -0.3 is 5.11 Å². The molecule has 0 saturated heterocycles. The molecule has 0 amide bonds. The van der Waals surface area contributed by atoms with Crippen molar-refractivity contribution < 1.29 is 5.11 Å². The molecule has 1 aliphatic carbocycles. The highest BCUT2D eigenvalue weighted by Crippen LogP contribution is 2.39. The molecule has 1 N–H and O–H groups in total. The van der Waals surface area contributed by atoms with Gasteiger partial charge in [0.15, 0.2) is 0 Å². The second-order valence-electron chi connectivity index (χ2n) is 3.64. The average Bonchev–Trinajstić information content (AvgIpc) is 2.59. The van der Waals surface area contributed by atoms with Crippen LogP contribution in [0.3, 0.4) is 0 Å². The average molecular weight is 186 g/mol. The normalized spacial score (nSPS) is 23.5. The van der Waals surface area contributed by atoms with Crippen molar-refractivity contribution in [1.29, 1.82) is 0 Å². The van der Waals surface area contributed by atoms with Gasteiger partial charge in [-0.2, -0.15) is 0 Å². The van der Waals surface area contributed by atoms with E-state index in [1.807, 2.05) is 18.2 Å². The lowest BCUT2D eigenvalue weighted by Crippen LogP contribution is -2.20. The Hall–Kier alpha value is -1.34. The minimum absolute atomic E-state index is 0.147. The van der Waals surface area contributed by atoms with E-state index < -0.39 is 0 Å². The molecule has 0 heterocycles. The van der Waals surface area contributed by atoms with E-state index in [2.05, 4.69) is 30.9 Å². The largest absolute Gasteiger partial charge is 0.396 e. The van der Waals surface area contributed by atoms with Gasteiger partial charge in [-0.1, -0.05) is 42.5 Å². The van der Waals surface area contributed by atoms with Crippen LogP contribution < -0.4 is 0 Å². The minimum Gasteiger partial charge on any atom is -0.396 e. The van der Waals surface area contributed by atoms with Crippen molar-refractivity contribution in [2.45, 2.75) is 11.8 Å². The molecular formula is C13H14O. The molecule has 0 fully saturated rings. The topological polar surface area (TPSA) is 20.2 Å². The van der Waals surface area contributed by atoms with Gasteiger partial charge >= 0.3 is 0 Å². The van der Waals surface area contributed by atoms with Gasteiger partial charge in [-0.15, -0.1) is 6.58 Å². The van der Waals surface area contributed by atoms with Gasteiger partial charge in [0.2, 0.25) is 0 Å². The Morgan fingerprint density at radius 3 is 2.86 bits per heavy atom. The highest BCUT2D eigenvalue weighted by molar-refractivity contribution is 5.66. The smallest absolute Gasteiger partial charge is 0.0445 e. The lowest BCUT2D eigenvalue weighted by molar-refractivity contribution is 0.270. The summed E-state index contributed by atoms with van der Waals surface area (Å²) in [6, 6.07) is 8.25. The summed E-state index contributed by atoms with van der Waals surface area (Å²) in [4.78, 5) is 0. The number of aliphatic hydroxyl groups excluding tert-OH is 1. The number of rotatable bonds is 3. The first-order valence-corrected chi connectivity index (χ1v) is 4.85. The van der Waals surface area contributed by atoms with Crippen LogP contribution in [0.1, 0.15) is 17.5 Å². The van der Waals surface area contributed by atoms with E-state index in [-0.39, 0.29) is 12.0 Å². The van der Waals surface area contributed by atoms with Crippen molar-refractivity contribution in [3.63, 3.8) is 0 Å². The molecule has 0 radical (unpaired) electrons. The predicted octanol–water partition coefficient (Wildman–Crippen LogP) is 2.52. The maximum atomic E-state index is 9.07. The summed E-state index contributed by atoms with van der Waals surface area (Å²) in [6.07, 6.45) is 6.86. The number of hydrogen-bond acceptors (Lipinski definition) is 1. The van der Waals surface area contributed by atoms with Gasteiger partial charge in [0.1, 0.15) is 0 Å². The number of aliphatic hydroxyl groups is 1. The zero-order valence-electron chi connectivity index (χ0n) is 8.11. The fraction of sp³-hybridized carbons (Fsp3) is 0.231. The third-order valence-corrected chi connectivity index (χ3v) is 2.91. The molecule has 1 aromatic carbocycles. The molecule has 0 aromatic heterocycles. The highest BCUT2D eigenvalue weighted by atomic mass is 16.3. The molecule has 1 nitrogen and oxygen atoms in total. The van der Waals surface area contributed by atoms with E-state index in [0.717, 1.165) is 0 Å². The van der Waals surface area contributed by atoms with E-state index in [9.17, 15) is 0 Å². The van der Waals surface area contributed by atoms with Crippen LogP contribution in [-0.4, -0.2) is 11.7 Å². The molecule has 0 bridgehead atoms. The van der Waals surface area contributed by atoms with Crippen LogP contribution in [0, 0.1) is 0 Å². The molecule has 1 atom stereocenters. The van der Waals surface area contributed by atoms with Crippen LogP contribution >= 0.6 is 0 Å². The monoisotopic (exact) mass is 186 g/mol. The Morgan fingerprint density at radius 1 is 1.36 bits per heavy atom. The number of hydrogen-bond donors (Lipinski definition) is 1. The van der Waals surface area contributed by atoms with Crippen LogP contribution in [0.2, 0.25) is 0 Å². The zero-order chi connectivity index (χ0) is 10.0.